The first kappa shape index (κ1) is 30.9. The third-order valence-corrected chi connectivity index (χ3v) is 9.39. The van der Waals surface area contributed by atoms with Gasteiger partial charge in [0.05, 0.1) is 22.1 Å². The molecule has 2 aliphatic rings. The molecule has 0 atom stereocenters. The van der Waals surface area contributed by atoms with E-state index < -0.39 is 15.7 Å². The van der Waals surface area contributed by atoms with Crippen LogP contribution in [0.4, 0.5) is 0 Å². The standard InChI is InChI=1S/C31H42N6O5S/c1-21(2)33-29(38)22-10-12-24(13-11-22)37-27-19-28(42-17-16-36-14-5-4-6-15-36)32-20-26(27)34-31(37)35-30(39)23-8-7-9-25(18-23)43(3,40)41/h7-9,18-22,24H,4-6,10-17H2,1-3H3,(H,33,38)(H,34,35,39)/t22-,24+. The van der Waals surface area contributed by atoms with Gasteiger partial charge in [0.2, 0.25) is 17.4 Å². The number of nitrogens with zero attached hydrogens (tertiary/aromatic N) is 4. The van der Waals surface area contributed by atoms with Crippen molar-refractivity contribution < 1.29 is 22.7 Å². The van der Waals surface area contributed by atoms with Crippen LogP contribution in [0.3, 0.4) is 0 Å². The van der Waals surface area contributed by atoms with Gasteiger partial charge in [0.25, 0.3) is 5.91 Å². The van der Waals surface area contributed by atoms with Crippen molar-refractivity contribution in [2.24, 2.45) is 10.9 Å². The smallest absolute Gasteiger partial charge is 0.280 e. The van der Waals surface area contributed by atoms with E-state index in [1.165, 1.54) is 31.4 Å². The Kier molecular flexibility index (Phi) is 9.65. The number of aromatic nitrogens is 3. The average molecular weight is 611 g/mol. The van der Waals surface area contributed by atoms with Crippen molar-refractivity contribution in [2.45, 2.75) is 75.8 Å². The third-order valence-electron chi connectivity index (χ3n) is 8.28. The molecule has 5 rings (SSSR count). The number of amides is 2. The van der Waals surface area contributed by atoms with Crippen LogP contribution in [-0.4, -0.2) is 78.2 Å². The average Bonchev–Trinajstić information content (AvgIpc) is 3.34. The minimum absolute atomic E-state index is 0.00523. The molecule has 1 aliphatic carbocycles. The van der Waals surface area contributed by atoms with Gasteiger partial charge in [-0.2, -0.15) is 4.99 Å². The lowest BCUT2D eigenvalue weighted by molar-refractivity contribution is -0.126. The maximum atomic E-state index is 13.3. The van der Waals surface area contributed by atoms with Gasteiger partial charge >= 0.3 is 0 Å². The van der Waals surface area contributed by atoms with E-state index in [1.807, 2.05) is 24.5 Å². The van der Waals surface area contributed by atoms with Gasteiger partial charge in [0.1, 0.15) is 6.61 Å². The number of sulfone groups is 1. The number of imidazole rings is 1. The highest BCUT2D eigenvalue weighted by Crippen LogP contribution is 2.34. The number of fused-ring (bicyclic) bond motifs is 1. The molecule has 0 bridgehead atoms. The Bertz CT molecular complexity index is 1630. The molecule has 3 heterocycles. The summed E-state index contributed by atoms with van der Waals surface area (Å²) in [7, 11) is -3.48. The molecule has 1 aliphatic heterocycles. The number of aromatic amines is 1. The second-order valence-electron chi connectivity index (χ2n) is 12.0. The molecule has 1 saturated heterocycles. The summed E-state index contributed by atoms with van der Waals surface area (Å²) in [6.07, 6.45) is 9.44. The molecule has 12 heteroatoms. The molecule has 232 valence electrons. The van der Waals surface area contributed by atoms with Gasteiger partial charge in [-0.1, -0.05) is 12.5 Å². The second kappa shape index (κ2) is 13.4. The van der Waals surface area contributed by atoms with Crippen LogP contribution in [0.2, 0.25) is 0 Å². The van der Waals surface area contributed by atoms with Gasteiger partial charge < -0.3 is 19.6 Å². The van der Waals surface area contributed by atoms with E-state index in [0.717, 1.165) is 57.1 Å². The number of pyridine rings is 1. The molecule has 2 N–H and O–H groups in total. The monoisotopic (exact) mass is 610 g/mol. The van der Waals surface area contributed by atoms with E-state index in [0.29, 0.717) is 23.6 Å². The third kappa shape index (κ3) is 7.72. The van der Waals surface area contributed by atoms with Crippen molar-refractivity contribution in [3.05, 3.63) is 47.7 Å². The lowest BCUT2D eigenvalue weighted by atomic mass is 9.85. The molecular weight excluding hydrogens is 568 g/mol. The summed E-state index contributed by atoms with van der Waals surface area (Å²) in [5.74, 6) is -0.0277. The molecule has 11 nitrogen and oxygen atoms in total. The summed E-state index contributed by atoms with van der Waals surface area (Å²) < 4.78 is 32.2. The number of likely N-dealkylation sites (tertiary alicyclic amines) is 1. The SMILES string of the molecule is CC(C)NC(=O)[C@H]1CC[C@@H](n2/c(=N/C(=O)c3cccc(S(C)(=O)=O)c3)[nH]c3cnc(OCCN4CCCCC4)cc32)CC1. The molecule has 3 aromatic rings. The Labute approximate surface area is 252 Å². The fourth-order valence-electron chi connectivity index (χ4n) is 6.03. The first-order chi connectivity index (χ1) is 20.6. The first-order valence-electron chi connectivity index (χ1n) is 15.2. The fourth-order valence-corrected chi connectivity index (χ4v) is 6.70. The lowest BCUT2D eigenvalue weighted by Crippen LogP contribution is -2.38. The van der Waals surface area contributed by atoms with Crippen LogP contribution in [0.5, 0.6) is 5.88 Å². The summed E-state index contributed by atoms with van der Waals surface area (Å²) >= 11 is 0. The Balaban J connectivity index is 1.45. The predicted octanol–water partition coefficient (Wildman–Crippen LogP) is 3.63. The lowest BCUT2D eigenvalue weighted by Gasteiger charge is -2.29. The molecule has 2 aromatic heterocycles. The van der Waals surface area contributed by atoms with E-state index in [2.05, 4.69) is 25.2 Å². The molecule has 0 spiro atoms. The van der Waals surface area contributed by atoms with E-state index in [1.54, 1.807) is 18.3 Å². The molecule has 1 saturated carbocycles. The topological polar surface area (TPSA) is 139 Å². The largest absolute Gasteiger partial charge is 0.476 e. The van der Waals surface area contributed by atoms with Crippen LogP contribution in [0.15, 0.2) is 46.4 Å². The van der Waals surface area contributed by atoms with Crippen molar-refractivity contribution in [3.63, 3.8) is 0 Å². The van der Waals surface area contributed by atoms with Crippen molar-refractivity contribution in [1.82, 2.24) is 24.8 Å². The van der Waals surface area contributed by atoms with Crippen LogP contribution in [0.25, 0.3) is 11.0 Å². The molecule has 2 amide bonds. The van der Waals surface area contributed by atoms with Crippen molar-refractivity contribution in [2.75, 3.05) is 32.5 Å². The van der Waals surface area contributed by atoms with E-state index in [4.69, 9.17) is 4.74 Å². The number of ether oxygens (including phenoxy) is 1. The van der Waals surface area contributed by atoms with Crippen molar-refractivity contribution in [1.29, 1.82) is 0 Å². The van der Waals surface area contributed by atoms with Gasteiger partial charge in [-0.05, 0) is 83.7 Å². The number of hydrogen-bond acceptors (Lipinski definition) is 7. The van der Waals surface area contributed by atoms with Crippen molar-refractivity contribution >= 4 is 32.7 Å². The summed E-state index contributed by atoms with van der Waals surface area (Å²) in [4.78, 5) is 40.7. The fraction of sp³-hybridized carbons (Fsp3) is 0.548. The Hall–Kier alpha value is -3.51. The van der Waals surface area contributed by atoms with Crippen LogP contribution in [-0.2, 0) is 14.6 Å². The zero-order valence-corrected chi connectivity index (χ0v) is 26.0. The molecule has 2 fully saturated rings. The highest BCUT2D eigenvalue weighted by molar-refractivity contribution is 7.90. The zero-order valence-electron chi connectivity index (χ0n) is 25.2. The Morgan fingerprint density at radius 3 is 2.56 bits per heavy atom. The minimum atomic E-state index is -3.48. The van der Waals surface area contributed by atoms with Crippen LogP contribution in [0.1, 0.15) is 75.2 Å². The highest BCUT2D eigenvalue weighted by atomic mass is 32.2. The number of nitrogens with one attached hydrogen (secondary N) is 2. The van der Waals surface area contributed by atoms with Gasteiger partial charge in [-0.3, -0.25) is 14.5 Å². The minimum Gasteiger partial charge on any atom is -0.476 e. The van der Waals surface area contributed by atoms with Gasteiger partial charge in [-0.25, -0.2) is 13.4 Å². The zero-order chi connectivity index (χ0) is 30.6. The van der Waals surface area contributed by atoms with Crippen LogP contribution >= 0.6 is 0 Å². The van der Waals surface area contributed by atoms with Gasteiger partial charge in [-0.15, -0.1) is 0 Å². The molecular formula is C31H42N6O5S. The molecule has 1 aromatic carbocycles. The van der Waals surface area contributed by atoms with Crippen LogP contribution < -0.4 is 15.7 Å². The summed E-state index contributed by atoms with van der Waals surface area (Å²) in [5.41, 5.74) is 2.06. The second-order valence-corrected chi connectivity index (χ2v) is 14.0. The quantitative estimate of drug-likeness (QED) is 0.377. The molecule has 43 heavy (non-hydrogen) atoms. The Morgan fingerprint density at radius 1 is 1.12 bits per heavy atom. The predicted molar refractivity (Wildman–Crippen MR) is 164 cm³/mol. The molecule has 0 unspecified atom stereocenters. The number of rotatable bonds is 9. The normalized spacial score (nSPS) is 20.4. The van der Waals surface area contributed by atoms with Gasteiger partial charge in [0.15, 0.2) is 9.84 Å². The Morgan fingerprint density at radius 2 is 1.86 bits per heavy atom. The maximum absolute atomic E-state index is 13.3. The number of carbonyl (C=O) groups excluding carboxylic acids is 2. The van der Waals surface area contributed by atoms with Crippen molar-refractivity contribution in [3.8, 4) is 5.88 Å². The number of piperidine rings is 1. The van der Waals surface area contributed by atoms with Gasteiger partial charge in [0, 0.05) is 42.4 Å². The van der Waals surface area contributed by atoms with E-state index >= 15 is 0 Å². The van der Waals surface area contributed by atoms with E-state index in [9.17, 15) is 18.0 Å². The summed E-state index contributed by atoms with van der Waals surface area (Å²) in [6, 6.07) is 7.87. The number of benzene rings is 1. The van der Waals surface area contributed by atoms with E-state index in [-0.39, 0.29) is 34.4 Å². The number of carbonyl (C=O) groups is 2. The summed E-state index contributed by atoms with van der Waals surface area (Å²) in [5, 5.41) is 3.03. The summed E-state index contributed by atoms with van der Waals surface area (Å²) in [6.45, 7) is 7.49. The first-order valence-corrected chi connectivity index (χ1v) is 17.1. The maximum Gasteiger partial charge on any atom is 0.280 e. The number of H-pyrrole nitrogens is 1. The number of hydrogen-bond donors (Lipinski definition) is 2. The van der Waals surface area contributed by atoms with Crippen LogP contribution in [0, 0.1) is 5.92 Å². The molecule has 0 radical (unpaired) electrons. The highest BCUT2D eigenvalue weighted by Gasteiger charge is 2.29.